The molecule has 0 saturated heterocycles. The van der Waals surface area contributed by atoms with Gasteiger partial charge in [-0.25, -0.2) is 0 Å². The third-order valence-corrected chi connectivity index (χ3v) is 4.33. The Morgan fingerprint density at radius 2 is 2.03 bits per heavy atom. The Morgan fingerprint density at radius 3 is 2.67 bits per heavy atom. The molecule has 0 aliphatic heterocycles. The van der Waals surface area contributed by atoms with Crippen LogP contribution in [0.15, 0.2) is 48.8 Å². The lowest BCUT2D eigenvalue weighted by Crippen LogP contribution is -2.19. The Bertz CT molecular complexity index is 1120. The molecular formula is C21H17F3N4O2. The van der Waals surface area contributed by atoms with Gasteiger partial charge in [-0.2, -0.15) is 18.4 Å². The van der Waals surface area contributed by atoms with Gasteiger partial charge in [0.25, 0.3) is 5.91 Å². The van der Waals surface area contributed by atoms with Gasteiger partial charge in [0.15, 0.2) is 6.61 Å². The minimum absolute atomic E-state index is 0.113. The van der Waals surface area contributed by atoms with Gasteiger partial charge in [-0.3, -0.25) is 9.78 Å². The Kier molecular flexibility index (Phi) is 5.78. The number of benzene rings is 1. The number of ether oxygens (including phenoxy) is 1. The number of hydrogen-bond acceptors (Lipinski definition) is 4. The zero-order valence-corrected chi connectivity index (χ0v) is 16.1. The van der Waals surface area contributed by atoms with Gasteiger partial charge in [0.1, 0.15) is 11.8 Å². The number of aromatic nitrogens is 2. The molecule has 0 spiro atoms. The molecule has 0 saturated carbocycles. The standard InChI is InChI=1S/C21H17F3N4O2/c1-13-8-18(14(2)28(13)17-4-3-7-26-11-17)20(29)27-16-5-6-19(15(9-16)10-25)30-12-21(22,23)24/h3-9,11H,12H2,1-2H3,(H,27,29). The Hall–Kier alpha value is -3.80. The molecule has 1 amide bonds. The van der Waals surface area contributed by atoms with Gasteiger partial charge in [-0.15, -0.1) is 0 Å². The highest BCUT2D eigenvalue weighted by Crippen LogP contribution is 2.26. The summed E-state index contributed by atoms with van der Waals surface area (Å²) in [6.07, 6.45) is -1.18. The summed E-state index contributed by atoms with van der Waals surface area (Å²) in [5.74, 6) is -0.617. The van der Waals surface area contributed by atoms with E-state index in [0.29, 0.717) is 11.3 Å². The number of carbonyl (C=O) groups is 1. The van der Waals surface area contributed by atoms with E-state index in [0.717, 1.165) is 11.4 Å². The average Bonchev–Trinajstić information content (AvgIpc) is 3.01. The first-order chi connectivity index (χ1) is 14.2. The largest absolute Gasteiger partial charge is 0.483 e. The third kappa shape index (κ3) is 4.60. The van der Waals surface area contributed by atoms with Gasteiger partial charge in [0.2, 0.25) is 0 Å². The highest BCUT2D eigenvalue weighted by molar-refractivity contribution is 6.05. The number of nitriles is 1. The molecule has 154 valence electrons. The van der Waals surface area contributed by atoms with E-state index < -0.39 is 18.7 Å². The molecule has 0 radical (unpaired) electrons. The number of rotatable bonds is 5. The lowest BCUT2D eigenvalue weighted by Gasteiger charge is -2.12. The van der Waals surface area contributed by atoms with Crippen molar-refractivity contribution in [1.82, 2.24) is 9.55 Å². The Morgan fingerprint density at radius 1 is 1.27 bits per heavy atom. The van der Waals surface area contributed by atoms with Gasteiger partial charge in [-0.05, 0) is 50.2 Å². The molecule has 0 aliphatic carbocycles. The summed E-state index contributed by atoms with van der Waals surface area (Å²) in [6.45, 7) is 2.15. The van der Waals surface area contributed by atoms with Crippen molar-refractivity contribution in [1.29, 1.82) is 5.26 Å². The third-order valence-electron chi connectivity index (χ3n) is 4.33. The topological polar surface area (TPSA) is 79.9 Å². The molecule has 0 atom stereocenters. The summed E-state index contributed by atoms with van der Waals surface area (Å²) >= 11 is 0. The fourth-order valence-corrected chi connectivity index (χ4v) is 3.05. The van der Waals surface area contributed by atoms with Crippen LogP contribution < -0.4 is 10.1 Å². The van der Waals surface area contributed by atoms with Crippen LogP contribution in [0.3, 0.4) is 0 Å². The number of anilines is 1. The monoisotopic (exact) mass is 414 g/mol. The van der Waals surface area contributed by atoms with Crippen molar-refractivity contribution in [2.75, 3.05) is 11.9 Å². The molecule has 0 fully saturated rings. The van der Waals surface area contributed by atoms with E-state index in [1.54, 1.807) is 37.5 Å². The molecule has 0 aliphatic rings. The molecule has 1 N–H and O–H groups in total. The van der Waals surface area contributed by atoms with E-state index >= 15 is 0 Å². The van der Waals surface area contributed by atoms with Crippen molar-refractivity contribution in [3.05, 3.63) is 71.3 Å². The van der Waals surface area contributed by atoms with Crippen molar-refractivity contribution in [2.45, 2.75) is 20.0 Å². The van der Waals surface area contributed by atoms with Gasteiger partial charge in [0.05, 0.1) is 23.0 Å². The first kappa shape index (κ1) is 20.9. The van der Waals surface area contributed by atoms with Crippen molar-refractivity contribution in [2.24, 2.45) is 0 Å². The maximum Gasteiger partial charge on any atom is 0.422 e. The predicted octanol–water partition coefficient (Wildman–Crippen LogP) is 4.55. The smallest absolute Gasteiger partial charge is 0.422 e. The SMILES string of the molecule is Cc1cc(C(=O)Nc2ccc(OCC(F)(F)F)c(C#N)c2)c(C)n1-c1cccnc1. The number of aryl methyl sites for hydroxylation is 1. The number of nitrogens with zero attached hydrogens (tertiary/aromatic N) is 3. The molecule has 1 aromatic carbocycles. The van der Waals surface area contributed by atoms with Crippen molar-refractivity contribution in [3.8, 4) is 17.5 Å². The minimum atomic E-state index is -4.52. The predicted molar refractivity (Wildman–Crippen MR) is 104 cm³/mol. The summed E-state index contributed by atoms with van der Waals surface area (Å²) < 4.78 is 43.6. The summed E-state index contributed by atoms with van der Waals surface area (Å²) in [5, 5.41) is 11.9. The summed E-state index contributed by atoms with van der Waals surface area (Å²) in [6, 6.07) is 11.0. The summed E-state index contributed by atoms with van der Waals surface area (Å²) in [7, 11) is 0. The normalized spacial score (nSPS) is 11.1. The van der Waals surface area contributed by atoms with E-state index in [1.807, 2.05) is 17.6 Å². The number of pyridine rings is 1. The number of nitrogens with one attached hydrogen (secondary N) is 1. The maximum atomic E-state index is 12.8. The van der Waals surface area contributed by atoms with E-state index in [9.17, 15) is 23.2 Å². The highest BCUT2D eigenvalue weighted by atomic mass is 19.4. The number of amides is 1. The minimum Gasteiger partial charge on any atom is -0.483 e. The van der Waals surface area contributed by atoms with Crippen molar-refractivity contribution in [3.63, 3.8) is 0 Å². The molecule has 9 heteroatoms. The van der Waals surface area contributed by atoms with Gasteiger partial charge >= 0.3 is 6.18 Å². The van der Waals surface area contributed by atoms with Gasteiger partial charge < -0.3 is 14.6 Å². The van der Waals surface area contributed by atoms with E-state index in [-0.39, 0.29) is 17.0 Å². The number of hydrogen-bond donors (Lipinski definition) is 1. The van der Waals surface area contributed by atoms with Crippen molar-refractivity contribution < 1.29 is 22.7 Å². The van der Waals surface area contributed by atoms with Crippen LogP contribution in [0.1, 0.15) is 27.3 Å². The molecule has 3 rings (SSSR count). The second-order valence-electron chi connectivity index (χ2n) is 6.51. The van der Waals surface area contributed by atoms with Gasteiger partial charge in [0, 0.05) is 23.3 Å². The fourth-order valence-electron chi connectivity index (χ4n) is 3.05. The Balaban J connectivity index is 1.82. The lowest BCUT2D eigenvalue weighted by molar-refractivity contribution is -0.153. The number of alkyl halides is 3. The zero-order chi connectivity index (χ0) is 21.9. The van der Waals surface area contributed by atoms with Gasteiger partial charge in [-0.1, -0.05) is 0 Å². The second-order valence-corrected chi connectivity index (χ2v) is 6.51. The first-order valence-electron chi connectivity index (χ1n) is 8.84. The number of halogens is 3. The van der Waals surface area contributed by atoms with Crippen LogP contribution in [-0.2, 0) is 0 Å². The molecular weight excluding hydrogens is 397 g/mol. The maximum absolute atomic E-state index is 12.8. The fraction of sp³-hybridized carbons (Fsp3) is 0.190. The molecule has 3 aromatic rings. The molecule has 0 bridgehead atoms. The lowest BCUT2D eigenvalue weighted by atomic mass is 10.1. The van der Waals surface area contributed by atoms with Crippen LogP contribution in [-0.4, -0.2) is 28.2 Å². The molecule has 6 nitrogen and oxygen atoms in total. The highest BCUT2D eigenvalue weighted by Gasteiger charge is 2.29. The van der Waals surface area contributed by atoms with Crippen molar-refractivity contribution >= 4 is 11.6 Å². The van der Waals surface area contributed by atoms with Crippen LogP contribution in [0.25, 0.3) is 5.69 Å². The molecule has 2 aromatic heterocycles. The zero-order valence-electron chi connectivity index (χ0n) is 16.1. The first-order valence-corrected chi connectivity index (χ1v) is 8.84. The van der Waals surface area contributed by atoms with E-state index in [2.05, 4.69) is 15.0 Å². The van der Waals surface area contributed by atoms with Crippen LogP contribution in [0.4, 0.5) is 18.9 Å². The summed E-state index contributed by atoms with van der Waals surface area (Å²) in [5.41, 5.74) is 2.92. The molecule has 30 heavy (non-hydrogen) atoms. The van der Waals surface area contributed by atoms with E-state index in [1.165, 1.54) is 18.2 Å². The van der Waals surface area contributed by atoms with E-state index in [4.69, 9.17) is 0 Å². The molecule has 0 unspecified atom stereocenters. The van der Waals surface area contributed by atoms with Crippen LogP contribution >= 0.6 is 0 Å². The number of carbonyl (C=O) groups excluding carboxylic acids is 1. The van der Waals surface area contributed by atoms with Crippen LogP contribution in [0, 0.1) is 25.2 Å². The summed E-state index contributed by atoms with van der Waals surface area (Å²) in [4.78, 5) is 16.9. The second kappa shape index (κ2) is 8.29. The Labute approximate surface area is 170 Å². The van der Waals surface area contributed by atoms with Crippen LogP contribution in [0.5, 0.6) is 5.75 Å². The van der Waals surface area contributed by atoms with Crippen LogP contribution in [0.2, 0.25) is 0 Å². The molecule has 2 heterocycles. The quantitative estimate of drug-likeness (QED) is 0.664. The average molecular weight is 414 g/mol.